The van der Waals surface area contributed by atoms with Gasteiger partial charge in [-0.25, -0.2) is 0 Å². The SMILES string of the molecule is CCCCCCCC(=O)N(CC(=O)N(CCc1ccc(OC)c(OC)c1)Cc1ccc(C)s1)CC(C)C. The first-order valence-electron chi connectivity index (χ1n) is 13.6. The maximum Gasteiger partial charge on any atom is 0.242 e. The molecule has 0 spiro atoms. The van der Waals surface area contributed by atoms with E-state index in [1.165, 1.54) is 17.7 Å². The van der Waals surface area contributed by atoms with Gasteiger partial charge in [-0.2, -0.15) is 0 Å². The number of nitrogens with zero attached hydrogens (tertiary/aromatic N) is 2. The minimum atomic E-state index is -0.00786. The molecule has 37 heavy (non-hydrogen) atoms. The average Bonchev–Trinajstić information content (AvgIpc) is 3.29. The molecule has 2 rings (SSSR count). The van der Waals surface area contributed by atoms with Crippen LogP contribution in [0.25, 0.3) is 0 Å². The normalized spacial score (nSPS) is 11.0. The predicted molar refractivity (Wildman–Crippen MR) is 153 cm³/mol. The fourth-order valence-electron chi connectivity index (χ4n) is 4.35. The number of thiophene rings is 1. The Morgan fingerprint density at radius 3 is 2.27 bits per heavy atom. The van der Waals surface area contributed by atoms with Crippen molar-refractivity contribution in [3.05, 3.63) is 45.6 Å². The van der Waals surface area contributed by atoms with Gasteiger partial charge in [0.2, 0.25) is 11.8 Å². The van der Waals surface area contributed by atoms with Crippen molar-refractivity contribution in [3.8, 4) is 11.5 Å². The van der Waals surface area contributed by atoms with Crippen molar-refractivity contribution in [3.63, 3.8) is 0 Å². The number of carbonyl (C=O) groups is 2. The molecule has 0 radical (unpaired) electrons. The summed E-state index contributed by atoms with van der Waals surface area (Å²) in [7, 11) is 3.25. The summed E-state index contributed by atoms with van der Waals surface area (Å²) in [6, 6.07) is 10.0. The molecule has 0 atom stereocenters. The average molecular weight is 531 g/mol. The van der Waals surface area contributed by atoms with Crippen molar-refractivity contribution in [2.75, 3.05) is 33.9 Å². The molecule has 2 aromatic rings. The summed E-state index contributed by atoms with van der Waals surface area (Å²) in [5.41, 5.74) is 1.07. The Kier molecular flexibility index (Phi) is 13.5. The van der Waals surface area contributed by atoms with Crippen molar-refractivity contribution >= 4 is 23.2 Å². The van der Waals surface area contributed by atoms with Gasteiger partial charge in [-0.05, 0) is 55.5 Å². The van der Waals surface area contributed by atoms with Crippen LogP contribution in [-0.4, -0.2) is 55.5 Å². The number of amides is 2. The highest BCUT2D eigenvalue weighted by molar-refractivity contribution is 7.11. The Balaban J connectivity index is 2.12. The summed E-state index contributed by atoms with van der Waals surface area (Å²) in [5, 5.41) is 0. The number of carbonyl (C=O) groups excluding carboxylic acids is 2. The molecule has 0 N–H and O–H groups in total. The third-order valence-corrected chi connectivity index (χ3v) is 7.36. The Morgan fingerprint density at radius 1 is 0.919 bits per heavy atom. The zero-order chi connectivity index (χ0) is 27.2. The van der Waals surface area contributed by atoms with E-state index in [1.807, 2.05) is 23.1 Å². The van der Waals surface area contributed by atoms with Crippen LogP contribution in [-0.2, 0) is 22.6 Å². The van der Waals surface area contributed by atoms with Crippen LogP contribution in [0.4, 0.5) is 0 Å². The van der Waals surface area contributed by atoms with E-state index in [4.69, 9.17) is 9.47 Å². The first-order chi connectivity index (χ1) is 17.8. The predicted octanol–water partition coefficient (Wildman–Crippen LogP) is 6.49. The molecule has 0 bridgehead atoms. The second-order valence-electron chi connectivity index (χ2n) is 10.1. The van der Waals surface area contributed by atoms with Gasteiger partial charge in [0.15, 0.2) is 11.5 Å². The first kappa shape index (κ1) is 30.7. The standard InChI is InChI=1S/C30H46N2O4S/c1-7-8-9-10-11-12-29(33)32(20-23(2)3)22-30(34)31(21-26-15-13-24(4)37-26)18-17-25-14-16-27(35-5)28(19-25)36-6/h13-16,19,23H,7-12,17-18,20-22H2,1-6H3. The molecule has 7 heteroatoms. The van der Waals surface area contributed by atoms with Crippen LogP contribution in [0.1, 0.15) is 74.6 Å². The quantitative estimate of drug-likeness (QED) is 0.219. The molecule has 0 aliphatic heterocycles. The van der Waals surface area contributed by atoms with Gasteiger partial charge in [-0.15, -0.1) is 11.3 Å². The van der Waals surface area contributed by atoms with Crippen molar-refractivity contribution < 1.29 is 19.1 Å². The van der Waals surface area contributed by atoms with E-state index in [2.05, 4.69) is 39.8 Å². The summed E-state index contributed by atoms with van der Waals surface area (Å²) in [6.45, 7) is 10.3. The van der Waals surface area contributed by atoms with Crippen LogP contribution in [0.2, 0.25) is 0 Å². The largest absolute Gasteiger partial charge is 0.493 e. The van der Waals surface area contributed by atoms with Crippen LogP contribution in [0, 0.1) is 12.8 Å². The fourth-order valence-corrected chi connectivity index (χ4v) is 5.25. The highest BCUT2D eigenvalue weighted by atomic mass is 32.1. The number of unbranched alkanes of at least 4 members (excludes halogenated alkanes) is 4. The van der Waals surface area contributed by atoms with E-state index in [-0.39, 0.29) is 18.4 Å². The monoisotopic (exact) mass is 530 g/mol. The fraction of sp³-hybridized carbons (Fsp3) is 0.600. The molecule has 0 fully saturated rings. The van der Waals surface area contributed by atoms with Gasteiger partial charge in [-0.3, -0.25) is 9.59 Å². The topological polar surface area (TPSA) is 59.1 Å². The van der Waals surface area contributed by atoms with Crippen LogP contribution >= 0.6 is 11.3 Å². The molecular weight excluding hydrogens is 484 g/mol. The maximum atomic E-state index is 13.6. The molecule has 0 unspecified atom stereocenters. The first-order valence-corrected chi connectivity index (χ1v) is 14.4. The van der Waals surface area contributed by atoms with Gasteiger partial charge in [0.05, 0.1) is 27.3 Å². The third-order valence-electron chi connectivity index (χ3n) is 6.37. The Labute approximate surface area is 227 Å². The van der Waals surface area contributed by atoms with E-state index in [1.54, 1.807) is 30.5 Å². The van der Waals surface area contributed by atoms with Crippen molar-refractivity contribution in [2.45, 2.75) is 79.2 Å². The lowest BCUT2D eigenvalue weighted by atomic mass is 10.1. The second kappa shape index (κ2) is 16.3. The van der Waals surface area contributed by atoms with E-state index < -0.39 is 0 Å². The summed E-state index contributed by atoms with van der Waals surface area (Å²) in [6.07, 6.45) is 6.71. The third kappa shape index (κ3) is 10.8. The number of aryl methyl sites for hydroxylation is 1. The Bertz CT molecular complexity index is 972. The number of ether oxygens (including phenoxy) is 2. The van der Waals surface area contributed by atoms with Crippen LogP contribution < -0.4 is 9.47 Å². The lowest BCUT2D eigenvalue weighted by Crippen LogP contribution is -2.44. The summed E-state index contributed by atoms with van der Waals surface area (Å²) >= 11 is 1.71. The van der Waals surface area contributed by atoms with E-state index in [0.717, 1.165) is 29.7 Å². The molecule has 0 saturated carbocycles. The second-order valence-corrected chi connectivity index (χ2v) is 11.5. The van der Waals surface area contributed by atoms with Crippen molar-refractivity contribution in [1.82, 2.24) is 9.80 Å². The highest BCUT2D eigenvalue weighted by Gasteiger charge is 2.22. The van der Waals surface area contributed by atoms with Crippen LogP contribution in [0.5, 0.6) is 11.5 Å². The molecule has 1 aromatic carbocycles. The molecule has 206 valence electrons. The van der Waals surface area contributed by atoms with Gasteiger partial charge in [0.25, 0.3) is 0 Å². The van der Waals surface area contributed by atoms with E-state index in [0.29, 0.717) is 49.9 Å². The summed E-state index contributed by atoms with van der Waals surface area (Å²) in [5.74, 6) is 1.75. The van der Waals surface area contributed by atoms with Gasteiger partial charge < -0.3 is 19.3 Å². The van der Waals surface area contributed by atoms with Gasteiger partial charge in [0.1, 0.15) is 0 Å². The maximum absolute atomic E-state index is 13.6. The zero-order valence-corrected chi connectivity index (χ0v) is 24.5. The number of hydrogen-bond donors (Lipinski definition) is 0. The van der Waals surface area contributed by atoms with Crippen molar-refractivity contribution in [2.24, 2.45) is 5.92 Å². The highest BCUT2D eigenvalue weighted by Crippen LogP contribution is 2.28. The smallest absolute Gasteiger partial charge is 0.242 e. The van der Waals surface area contributed by atoms with E-state index in [9.17, 15) is 9.59 Å². The van der Waals surface area contributed by atoms with E-state index >= 15 is 0 Å². The molecule has 1 aromatic heterocycles. The number of benzene rings is 1. The Morgan fingerprint density at radius 2 is 1.65 bits per heavy atom. The molecule has 0 saturated heterocycles. The molecule has 0 aliphatic rings. The number of methoxy groups -OCH3 is 2. The van der Waals surface area contributed by atoms with Crippen LogP contribution in [0.3, 0.4) is 0 Å². The summed E-state index contributed by atoms with van der Waals surface area (Å²) in [4.78, 5) is 32.7. The lowest BCUT2D eigenvalue weighted by Gasteiger charge is -2.29. The summed E-state index contributed by atoms with van der Waals surface area (Å²) < 4.78 is 10.8. The molecule has 2 amide bonds. The molecule has 6 nitrogen and oxygen atoms in total. The van der Waals surface area contributed by atoms with Gasteiger partial charge in [0, 0.05) is 29.3 Å². The minimum absolute atomic E-state index is 0.00786. The Hall–Kier alpha value is -2.54. The zero-order valence-electron chi connectivity index (χ0n) is 23.7. The van der Waals surface area contributed by atoms with Gasteiger partial charge >= 0.3 is 0 Å². The number of rotatable bonds is 17. The van der Waals surface area contributed by atoms with Crippen LogP contribution in [0.15, 0.2) is 30.3 Å². The molecule has 1 heterocycles. The number of hydrogen-bond acceptors (Lipinski definition) is 5. The lowest BCUT2D eigenvalue weighted by molar-refractivity contribution is -0.141. The van der Waals surface area contributed by atoms with Crippen molar-refractivity contribution in [1.29, 1.82) is 0 Å². The minimum Gasteiger partial charge on any atom is -0.493 e. The molecular formula is C30H46N2O4S. The molecule has 0 aliphatic carbocycles. The van der Waals surface area contributed by atoms with Gasteiger partial charge in [-0.1, -0.05) is 52.5 Å².